The van der Waals surface area contributed by atoms with Gasteiger partial charge in [-0.15, -0.1) is 0 Å². The van der Waals surface area contributed by atoms with E-state index in [-0.39, 0.29) is 30.2 Å². The minimum absolute atomic E-state index is 0.00469. The van der Waals surface area contributed by atoms with Crippen LogP contribution in [-0.4, -0.2) is 24.1 Å². The maximum absolute atomic E-state index is 13.6. The Morgan fingerprint density at radius 2 is 1.88 bits per heavy atom. The molecular formula is C20H19FN2O3. The van der Waals surface area contributed by atoms with Crippen LogP contribution in [0.2, 0.25) is 0 Å². The molecule has 0 saturated carbocycles. The van der Waals surface area contributed by atoms with Crippen LogP contribution in [0.25, 0.3) is 0 Å². The molecule has 0 aliphatic carbocycles. The molecule has 0 aromatic heterocycles. The molecule has 1 aliphatic rings. The Morgan fingerprint density at radius 3 is 2.62 bits per heavy atom. The van der Waals surface area contributed by atoms with Crippen molar-refractivity contribution in [2.75, 3.05) is 16.8 Å². The molecule has 0 bridgehead atoms. The molecule has 1 heterocycles. The number of nitrogens with one attached hydrogen (secondary N) is 1. The number of benzene rings is 2. The number of ketones is 1. The molecular weight excluding hydrogens is 335 g/mol. The van der Waals surface area contributed by atoms with Gasteiger partial charge in [0, 0.05) is 37.7 Å². The van der Waals surface area contributed by atoms with Crippen molar-refractivity contribution in [3.8, 4) is 0 Å². The minimum atomic E-state index is -0.583. The Balaban J connectivity index is 1.61. The SMILES string of the molecule is CC(=O)N1CCc2ccc(NC(=O)CCC(=O)c3ccccc3F)cc21. The van der Waals surface area contributed by atoms with Gasteiger partial charge in [-0.25, -0.2) is 4.39 Å². The summed E-state index contributed by atoms with van der Waals surface area (Å²) in [5.41, 5.74) is 2.43. The summed E-state index contributed by atoms with van der Waals surface area (Å²) in [5.74, 6) is -1.36. The summed E-state index contributed by atoms with van der Waals surface area (Å²) in [6.07, 6.45) is 0.679. The second-order valence-corrected chi connectivity index (χ2v) is 6.22. The van der Waals surface area contributed by atoms with E-state index in [0.29, 0.717) is 12.2 Å². The Hall–Kier alpha value is -3.02. The fourth-order valence-electron chi connectivity index (χ4n) is 3.06. The summed E-state index contributed by atoms with van der Waals surface area (Å²) in [5, 5.41) is 2.73. The van der Waals surface area contributed by atoms with E-state index in [1.165, 1.54) is 25.1 Å². The average molecular weight is 354 g/mol. The maximum Gasteiger partial charge on any atom is 0.224 e. The molecule has 134 valence electrons. The first kappa shape index (κ1) is 17.8. The molecule has 26 heavy (non-hydrogen) atoms. The fourth-order valence-corrected chi connectivity index (χ4v) is 3.06. The van der Waals surface area contributed by atoms with Crippen molar-refractivity contribution >= 4 is 29.0 Å². The van der Waals surface area contributed by atoms with Gasteiger partial charge in [0.05, 0.1) is 5.56 Å². The van der Waals surface area contributed by atoms with E-state index in [4.69, 9.17) is 0 Å². The summed E-state index contributed by atoms with van der Waals surface area (Å²) in [7, 11) is 0. The van der Waals surface area contributed by atoms with E-state index >= 15 is 0 Å². The predicted molar refractivity (Wildman–Crippen MR) is 96.8 cm³/mol. The molecule has 0 radical (unpaired) electrons. The minimum Gasteiger partial charge on any atom is -0.326 e. The molecule has 0 saturated heterocycles. The summed E-state index contributed by atoms with van der Waals surface area (Å²) in [6.45, 7) is 2.15. The van der Waals surface area contributed by atoms with Gasteiger partial charge in [0.1, 0.15) is 5.82 Å². The number of halogens is 1. The molecule has 0 spiro atoms. The van der Waals surface area contributed by atoms with Crippen LogP contribution in [0.4, 0.5) is 15.8 Å². The zero-order valence-corrected chi connectivity index (χ0v) is 14.4. The van der Waals surface area contributed by atoms with Crippen LogP contribution in [0.1, 0.15) is 35.7 Å². The van der Waals surface area contributed by atoms with E-state index in [1.54, 1.807) is 23.1 Å². The number of anilines is 2. The highest BCUT2D eigenvalue weighted by molar-refractivity contribution is 6.00. The number of carbonyl (C=O) groups is 3. The third kappa shape index (κ3) is 3.79. The van der Waals surface area contributed by atoms with E-state index in [0.717, 1.165) is 17.7 Å². The number of amides is 2. The molecule has 2 aromatic rings. The molecule has 0 fully saturated rings. The average Bonchev–Trinajstić information content (AvgIpc) is 3.03. The molecule has 0 unspecified atom stereocenters. The first-order valence-electron chi connectivity index (χ1n) is 8.44. The highest BCUT2D eigenvalue weighted by atomic mass is 19.1. The molecule has 6 heteroatoms. The lowest BCUT2D eigenvalue weighted by molar-refractivity contribution is -0.117. The van der Waals surface area contributed by atoms with Gasteiger partial charge in [-0.2, -0.15) is 0 Å². The van der Waals surface area contributed by atoms with Crippen LogP contribution in [0.15, 0.2) is 42.5 Å². The van der Waals surface area contributed by atoms with Crippen LogP contribution >= 0.6 is 0 Å². The third-order valence-corrected chi connectivity index (χ3v) is 4.40. The maximum atomic E-state index is 13.6. The summed E-state index contributed by atoms with van der Waals surface area (Å²) >= 11 is 0. The van der Waals surface area contributed by atoms with Crippen molar-refractivity contribution in [3.05, 3.63) is 59.4 Å². The van der Waals surface area contributed by atoms with E-state index in [9.17, 15) is 18.8 Å². The first-order chi connectivity index (χ1) is 12.5. The van der Waals surface area contributed by atoms with Crippen LogP contribution in [0, 0.1) is 5.82 Å². The molecule has 1 aliphatic heterocycles. The van der Waals surface area contributed by atoms with E-state index in [1.807, 2.05) is 6.07 Å². The number of hydrogen-bond donors (Lipinski definition) is 1. The molecule has 3 rings (SSSR count). The lowest BCUT2D eigenvalue weighted by Crippen LogP contribution is -2.25. The van der Waals surface area contributed by atoms with Crippen molar-refractivity contribution in [2.45, 2.75) is 26.2 Å². The molecule has 2 amide bonds. The van der Waals surface area contributed by atoms with Gasteiger partial charge in [0.25, 0.3) is 0 Å². The Kier molecular flexibility index (Phi) is 5.11. The summed E-state index contributed by atoms with van der Waals surface area (Å²) < 4.78 is 13.6. The largest absolute Gasteiger partial charge is 0.326 e. The van der Waals surface area contributed by atoms with Crippen molar-refractivity contribution < 1.29 is 18.8 Å². The van der Waals surface area contributed by atoms with Gasteiger partial charge in [-0.3, -0.25) is 14.4 Å². The fraction of sp³-hybridized carbons (Fsp3) is 0.250. The van der Waals surface area contributed by atoms with Gasteiger partial charge < -0.3 is 10.2 Å². The third-order valence-electron chi connectivity index (χ3n) is 4.40. The molecule has 0 atom stereocenters. The van der Waals surface area contributed by atoms with Crippen LogP contribution in [0.5, 0.6) is 0 Å². The number of hydrogen-bond acceptors (Lipinski definition) is 3. The standard InChI is InChI=1S/C20H19FN2O3/c1-13(24)23-11-10-14-6-7-15(12-18(14)23)22-20(26)9-8-19(25)16-4-2-3-5-17(16)21/h2-7,12H,8-11H2,1H3,(H,22,26). The van der Waals surface area contributed by atoms with Gasteiger partial charge in [0.15, 0.2) is 5.78 Å². The second-order valence-electron chi connectivity index (χ2n) is 6.22. The van der Waals surface area contributed by atoms with Crippen molar-refractivity contribution in [1.82, 2.24) is 0 Å². The lowest BCUT2D eigenvalue weighted by atomic mass is 10.1. The Bertz CT molecular complexity index is 879. The van der Waals surface area contributed by atoms with Crippen molar-refractivity contribution in [2.24, 2.45) is 0 Å². The van der Waals surface area contributed by atoms with Crippen LogP contribution < -0.4 is 10.2 Å². The van der Waals surface area contributed by atoms with Crippen LogP contribution in [-0.2, 0) is 16.0 Å². The van der Waals surface area contributed by atoms with Gasteiger partial charge in [0.2, 0.25) is 11.8 Å². The second kappa shape index (κ2) is 7.47. The first-order valence-corrected chi connectivity index (χ1v) is 8.44. The highest BCUT2D eigenvalue weighted by Crippen LogP contribution is 2.31. The molecule has 2 aromatic carbocycles. The lowest BCUT2D eigenvalue weighted by Gasteiger charge is -2.15. The normalized spacial score (nSPS) is 12.6. The number of Topliss-reactive ketones (excluding diaryl/α,β-unsaturated/α-hetero) is 1. The molecule has 1 N–H and O–H groups in total. The van der Waals surface area contributed by atoms with E-state index in [2.05, 4.69) is 5.32 Å². The zero-order chi connectivity index (χ0) is 18.7. The van der Waals surface area contributed by atoms with Gasteiger partial charge >= 0.3 is 0 Å². The van der Waals surface area contributed by atoms with Gasteiger partial charge in [-0.1, -0.05) is 18.2 Å². The Morgan fingerprint density at radius 1 is 1.12 bits per heavy atom. The summed E-state index contributed by atoms with van der Waals surface area (Å²) in [4.78, 5) is 37.5. The van der Waals surface area contributed by atoms with E-state index < -0.39 is 11.6 Å². The highest BCUT2D eigenvalue weighted by Gasteiger charge is 2.22. The zero-order valence-electron chi connectivity index (χ0n) is 14.4. The number of carbonyl (C=O) groups excluding carboxylic acids is 3. The van der Waals surface area contributed by atoms with Gasteiger partial charge in [-0.05, 0) is 36.2 Å². The predicted octanol–water partition coefficient (Wildman–Crippen LogP) is 3.34. The number of nitrogens with zero attached hydrogens (tertiary/aromatic N) is 1. The van der Waals surface area contributed by atoms with Crippen molar-refractivity contribution in [3.63, 3.8) is 0 Å². The van der Waals surface area contributed by atoms with Crippen LogP contribution in [0.3, 0.4) is 0 Å². The van der Waals surface area contributed by atoms with Crippen molar-refractivity contribution in [1.29, 1.82) is 0 Å². The topological polar surface area (TPSA) is 66.5 Å². The number of rotatable bonds is 5. The Labute approximate surface area is 150 Å². The number of fused-ring (bicyclic) bond motifs is 1. The monoisotopic (exact) mass is 354 g/mol. The quantitative estimate of drug-likeness (QED) is 0.838. The summed E-state index contributed by atoms with van der Waals surface area (Å²) in [6, 6.07) is 11.2. The smallest absolute Gasteiger partial charge is 0.224 e. The molecule has 5 nitrogen and oxygen atoms in total.